The molecular formula is C55H97BIN11O32S2. The molecular weight excluding hydrogens is 1530 g/mol. The number of aliphatic hydroxyl groups excluding tert-OH is 15. The Bertz CT molecular complexity index is 2630. The molecule has 0 fully saturated rings. The van der Waals surface area contributed by atoms with Crippen LogP contribution >= 0.6 is 44.5 Å². The predicted octanol–water partition coefficient (Wildman–Crippen LogP) is -13.1. The zero-order valence-electron chi connectivity index (χ0n) is 55.3. The van der Waals surface area contributed by atoms with E-state index in [9.17, 15) is 139 Å². The third kappa shape index (κ3) is 40.1. The van der Waals surface area contributed by atoms with Gasteiger partial charge in [-0.1, -0.05) is 21.6 Å². The van der Waals surface area contributed by atoms with Gasteiger partial charge in [0.2, 0.25) is 53.2 Å². The van der Waals surface area contributed by atoms with E-state index in [1.807, 2.05) is 0 Å². The third-order valence-corrected chi connectivity index (χ3v) is 17.5. The molecule has 47 heteroatoms. The first-order chi connectivity index (χ1) is 48.0. The largest absolute Gasteiger partial charge is 0.481 e. The van der Waals surface area contributed by atoms with Crippen LogP contribution in [0.3, 0.4) is 0 Å². The number of nitrogens with one attached hydrogen (secondary N) is 11. The van der Waals surface area contributed by atoms with Crippen LogP contribution in [0, 0.1) is 0 Å². The summed E-state index contributed by atoms with van der Waals surface area (Å²) in [7, 11) is 3.93. The number of ether oxygens (including phenoxy) is 1. The van der Waals surface area contributed by atoms with E-state index in [1.165, 1.54) is 10.8 Å². The van der Waals surface area contributed by atoms with Gasteiger partial charge in [0.25, 0.3) is 0 Å². The monoisotopic (exact) mass is 1630 g/mol. The Hall–Kier alpha value is -6.24. The molecule has 18 unspecified atom stereocenters. The molecule has 10 amide bonds. The van der Waals surface area contributed by atoms with Gasteiger partial charge >= 0.3 is 24.0 Å². The molecule has 0 rings (SSSR count). The predicted molar refractivity (Wildman–Crippen MR) is 361 cm³/mol. The van der Waals surface area contributed by atoms with Gasteiger partial charge in [-0.2, -0.15) is 0 Å². The number of rotatable bonds is 57. The Labute approximate surface area is 605 Å². The zero-order chi connectivity index (χ0) is 77.8. The minimum Gasteiger partial charge on any atom is -0.481 e. The van der Waals surface area contributed by atoms with Crippen molar-refractivity contribution in [1.82, 2.24) is 56.6 Å². The number of carbonyl (C=O) groups excluding carboxylic acids is 10. The van der Waals surface area contributed by atoms with Crippen LogP contribution in [0.4, 0.5) is 4.79 Å². The molecule has 43 nitrogen and oxygen atoms in total. The van der Waals surface area contributed by atoms with Gasteiger partial charge in [0.05, 0.1) is 61.0 Å². The molecule has 0 spiro atoms. The molecule has 0 aliphatic heterocycles. The van der Waals surface area contributed by atoms with Gasteiger partial charge < -0.3 is 150 Å². The molecule has 0 aliphatic carbocycles. The SMILES string of the molecule is BNCCCCC(NC(=O)C(CCC(=O)NCC(O)C(O)C(O)C(O)CO)NC(=O)C(CCC(=O)O)NC(=O)C(CCC(=O)NCC(O)C(O)C(O)C(O)CO)NC(=O)C(CCC(=O)O)NC(=O)C(CCC(=O)NCC(O)C(O)C(O)C(O)CO)NC(=O)CCSSCCOC(=O)NI)C(=O)O. The number of aliphatic carboxylic acids is 3. The Kier molecular flexibility index (Phi) is 50.3. The lowest BCUT2D eigenvalue weighted by Gasteiger charge is -2.28. The van der Waals surface area contributed by atoms with E-state index in [0.29, 0.717) is 13.0 Å². The summed E-state index contributed by atoms with van der Waals surface area (Å²) in [5, 5.41) is 201. The highest BCUT2D eigenvalue weighted by Gasteiger charge is 2.37. The van der Waals surface area contributed by atoms with Crippen molar-refractivity contribution in [1.29, 1.82) is 0 Å². The summed E-state index contributed by atoms with van der Waals surface area (Å²) in [5.41, 5.74) is 0. The number of carboxylic acid groups (broad SMARTS) is 3. The van der Waals surface area contributed by atoms with E-state index in [1.54, 1.807) is 30.8 Å². The van der Waals surface area contributed by atoms with Gasteiger partial charge in [0.15, 0.2) is 7.98 Å². The van der Waals surface area contributed by atoms with E-state index in [-0.39, 0.29) is 37.4 Å². The molecule has 586 valence electrons. The topological polar surface area (TPSA) is 728 Å². The zero-order valence-corrected chi connectivity index (χ0v) is 59.1. The Morgan fingerprint density at radius 2 is 0.676 bits per heavy atom. The summed E-state index contributed by atoms with van der Waals surface area (Å²) < 4.78 is 7.10. The Morgan fingerprint density at radius 3 is 0.980 bits per heavy atom. The van der Waals surface area contributed by atoms with Crippen LogP contribution in [-0.4, -0.2) is 351 Å². The van der Waals surface area contributed by atoms with Crippen LogP contribution in [0.1, 0.15) is 89.9 Å². The fourth-order valence-electron chi connectivity index (χ4n) is 8.66. The lowest BCUT2D eigenvalue weighted by atomic mass is 10.0. The highest BCUT2D eigenvalue weighted by atomic mass is 127. The summed E-state index contributed by atoms with van der Waals surface area (Å²) in [6, 6.07) is -11.7. The second-order valence-corrected chi connectivity index (χ2v) is 26.0. The highest BCUT2D eigenvalue weighted by molar-refractivity contribution is 14.1. The van der Waals surface area contributed by atoms with Crippen LogP contribution in [0.2, 0.25) is 0 Å². The van der Waals surface area contributed by atoms with E-state index in [0.717, 1.165) is 10.8 Å². The normalized spacial score (nSPS) is 16.7. The average molecular weight is 1630 g/mol. The van der Waals surface area contributed by atoms with Crippen molar-refractivity contribution in [3.8, 4) is 0 Å². The van der Waals surface area contributed by atoms with Crippen LogP contribution in [0.15, 0.2) is 0 Å². The van der Waals surface area contributed by atoms with Gasteiger partial charge in [-0.05, 0) is 57.9 Å². The first-order valence-electron chi connectivity index (χ1n) is 31.7. The van der Waals surface area contributed by atoms with Gasteiger partial charge in [-0.15, -0.1) is 0 Å². The maximum atomic E-state index is 14.6. The molecule has 0 aromatic carbocycles. The van der Waals surface area contributed by atoms with E-state index >= 15 is 0 Å². The minimum atomic E-state index is -2.20. The van der Waals surface area contributed by atoms with Crippen molar-refractivity contribution in [2.45, 2.75) is 199 Å². The summed E-state index contributed by atoms with van der Waals surface area (Å²) in [6.07, 6.45) is -33.5. The van der Waals surface area contributed by atoms with Gasteiger partial charge in [0.1, 0.15) is 97.8 Å². The van der Waals surface area contributed by atoms with Crippen molar-refractivity contribution >= 4 is 130 Å². The van der Waals surface area contributed by atoms with Gasteiger partial charge in [-0.25, -0.2) is 9.59 Å². The van der Waals surface area contributed by atoms with Crippen LogP contribution < -0.4 is 56.6 Å². The fraction of sp³-hybridized carbons (Fsp3) is 0.764. The van der Waals surface area contributed by atoms with E-state index in [2.05, 4.69) is 56.6 Å². The maximum absolute atomic E-state index is 14.6. The number of carboxylic acids is 3. The Balaban J connectivity index is 7.60. The van der Waals surface area contributed by atoms with Crippen molar-refractivity contribution in [3.63, 3.8) is 0 Å². The van der Waals surface area contributed by atoms with Crippen molar-refractivity contribution in [2.75, 3.05) is 64.1 Å². The van der Waals surface area contributed by atoms with Gasteiger partial charge in [0, 0.05) is 69.7 Å². The lowest BCUT2D eigenvalue weighted by Crippen LogP contribution is -2.59. The van der Waals surface area contributed by atoms with Crippen LogP contribution in [0.25, 0.3) is 0 Å². The smallest absolute Gasteiger partial charge is 0.415 e. The number of carbonyl (C=O) groups is 13. The lowest BCUT2D eigenvalue weighted by molar-refractivity contribution is -0.142. The standard InChI is InChI=1S/C55H97BIN11O32S2/c56-61-15-2-1-3-30(54(97)98)67-53(96)27(6-11-39(80)60-21-33(74)45(88)48(91)36(77)24-71)64-52(95)29(8-13-42(84)85)66-50(93)26(5-10-38(79)59-20-32(73)44(87)47(90)35(76)23-70)63-51(94)28(7-12-41(82)83)65-49(92)25(62-40(81)14-17-101-102-18-16-100-55(99)68-57)4-9-37(78)58-19-31(72)43(86)46(89)34(75)22-69/h25-36,43-48,61,69-77,86-91H,1-24,56H2,(H,58,78)(H,59,79)(H,60,80)(H,62,81)(H,63,94)(H,64,95)(H,65,92)(H,66,93)(H,67,96)(H,68,99)(H,82,83)(H,84,85)(H,97,98). The number of amides is 10. The van der Waals surface area contributed by atoms with Gasteiger partial charge in [-0.3, -0.25) is 56.3 Å². The summed E-state index contributed by atoms with van der Waals surface area (Å²) in [5.74, 6) is -15.4. The van der Waals surface area contributed by atoms with Crippen molar-refractivity contribution in [2.24, 2.45) is 0 Å². The maximum Gasteiger partial charge on any atom is 0.415 e. The number of aliphatic hydroxyl groups is 15. The molecule has 0 heterocycles. The average Bonchev–Trinajstić information content (AvgIpc) is 0.862. The first-order valence-corrected chi connectivity index (χ1v) is 35.3. The number of halogens is 1. The summed E-state index contributed by atoms with van der Waals surface area (Å²) in [6.45, 7) is -5.27. The van der Waals surface area contributed by atoms with Crippen LogP contribution in [-0.2, 0) is 62.3 Å². The number of unbranched alkanes of at least 4 members (excludes halogenated alkanes) is 1. The number of hydrogen-bond donors (Lipinski definition) is 29. The van der Waals surface area contributed by atoms with Crippen molar-refractivity contribution < 1.29 is 159 Å². The molecule has 102 heavy (non-hydrogen) atoms. The number of hydrogen-bond acceptors (Lipinski definition) is 32. The first kappa shape index (κ1) is 95.8. The molecule has 18 atom stereocenters. The minimum absolute atomic E-state index is 0.0265. The molecule has 0 radical (unpaired) electrons. The van der Waals surface area contributed by atoms with E-state index in [4.69, 9.17) is 20.1 Å². The molecule has 0 aromatic heterocycles. The molecule has 0 aromatic rings. The second kappa shape index (κ2) is 53.5. The Morgan fingerprint density at radius 1 is 0.373 bits per heavy atom. The third-order valence-electron chi connectivity index (χ3n) is 14.7. The molecule has 0 saturated heterocycles. The molecule has 0 aliphatic rings. The summed E-state index contributed by atoms with van der Waals surface area (Å²) >= 11 is 1.55. The van der Waals surface area contributed by atoms with E-state index < -0.39 is 290 Å². The summed E-state index contributed by atoms with van der Waals surface area (Å²) in [4.78, 5) is 172. The molecule has 29 N–H and O–H groups in total. The van der Waals surface area contributed by atoms with Crippen LogP contribution in [0.5, 0.6) is 0 Å². The molecule has 0 bridgehead atoms. The quantitative estimate of drug-likeness (QED) is 0.00884. The van der Waals surface area contributed by atoms with Crippen molar-refractivity contribution in [3.05, 3.63) is 0 Å². The fourth-order valence-corrected chi connectivity index (χ4v) is 10.6. The molecule has 0 saturated carbocycles. The highest BCUT2D eigenvalue weighted by Crippen LogP contribution is 2.22. The second-order valence-electron chi connectivity index (χ2n) is 22.8.